The van der Waals surface area contributed by atoms with Crippen LogP contribution in [0, 0.1) is 0 Å². The van der Waals surface area contributed by atoms with Gasteiger partial charge in [-0.2, -0.15) is 0 Å². The highest BCUT2D eigenvalue weighted by Gasteiger charge is 2.32. The van der Waals surface area contributed by atoms with E-state index in [1.54, 1.807) is 6.08 Å². The second kappa shape index (κ2) is 9.35. The van der Waals surface area contributed by atoms with Crippen LogP contribution < -0.4 is 4.74 Å². The van der Waals surface area contributed by atoms with Crippen LogP contribution in [0.1, 0.15) is 25.3 Å². The van der Waals surface area contributed by atoms with E-state index in [4.69, 9.17) is 17.0 Å². The van der Waals surface area contributed by atoms with Crippen molar-refractivity contribution in [3.63, 3.8) is 0 Å². The quantitative estimate of drug-likeness (QED) is 0.360. The smallest absolute Gasteiger partial charge is 0.307 e. The third kappa shape index (κ3) is 5.29. The van der Waals surface area contributed by atoms with Crippen LogP contribution in [0.5, 0.6) is 5.75 Å². The zero-order chi connectivity index (χ0) is 18.4. The molecule has 1 aromatic carbocycles. The van der Waals surface area contributed by atoms with E-state index in [0.717, 1.165) is 16.5 Å². The lowest BCUT2D eigenvalue weighted by molar-refractivity contribution is -0.140. The molecule has 1 amide bonds. The molecule has 5 nitrogen and oxygen atoms in total. The molecule has 2 rings (SSSR count). The van der Waals surface area contributed by atoms with E-state index in [9.17, 15) is 9.59 Å². The molecule has 1 aliphatic heterocycles. The summed E-state index contributed by atoms with van der Waals surface area (Å²) in [6, 6.07) is 5.65. The van der Waals surface area contributed by atoms with E-state index in [1.807, 2.05) is 25.1 Å². The van der Waals surface area contributed by atoms with Crippen molar-refractivity contribution in [2.45, 2.75) is 19.8 Å². The highest BCUT2D eigenvalue weighted by Crippen LogP contribution is 2.35. The summed E-state index contributed by atoms with van der Waals surface area (Å²) in [5.74, 6) is 0.130. The predicted molar refractivity (Wildman–Crippen MR) is 106 cm³/mol. The van der Waals surface area contributed by atoms with Crippen LogP contribution in [0.3, 0.4) is 0 Å². The average Bonchev–Trinajstić information content (AvgIpc) is 2.85. The number of halogens is 1. The Balaban J connectivity index is 2.21. The van der Waals surface area contributed by atoms with Crippen LogP contribution in [-0.2, 0) is 14.3 Å². The first-order valence-electron chi connectivity index (χ1n) is 7.70. The monoisotopic (exact) mass is 443 g/mol. The lowest BCUT2D eigenvalue weighted by atomic mass is 10.2. The summed E-state index contributed by atoms with van der Waals surface area (Å²) in [6.45, 7) is 2.85. The molecule has 0 aliphatic carbocycles. The SMILES string of the molecule is CCCOc1ccc(Br)cc1/C=C1/SC(=S)N(CCC(=O)OC)C1=O. The van der Waals surface area contributed by atoms with E-state index >= 15 is 0 Å². The van der Waals surface area contributed by atoms with E-state index in [1.165, 1.54) is 23.8 Å². The molecular weight excluding hydrogens is 426 g/mol. The van der Waals surface area contributed by atoms with Crippen molar-refractivity contribution in [2.24, 2.45) is 0 Å². The fourth-order valence-corrected chi connectivity index (χ4v) is 3.79. The molecule has 0 bridgehead atoms. The number of thioether (sulfide) groups is 1. The van der Waals surface area contributed by atoms with Gasteiger partial charge in [0.1, 0.15) is 10.1 Å². The number of carbonyl (C=O) groups is 2. The molecule has 0 atom stereocenters. The van der Waals surface area contributed by atoms with Gasteiger partial charge in [0.05, 0.1) is 25.0 Å². The van der Waals surface area contributed by atoms with Gasteiger partial charge in [-0.25, -0.2) is 0 Å². The Hall–Kier alpha value is -1.38. The zero-order valence-electron chi connectivity index (χ0n) is 13.9. The molecule has 0 spiro atoms. The highest BCUT2D eigenvalue weighted by atomic mass is 79.9. The van der Waals surface area contributed by atoms with E-state index in [0.29, 0.717) is 21.6 Å². The minimum Gasteiger partial charge on any atom is -0.493 e. The summed E-state index contributed by atoms with van der Waals surface area (Å²) in [5.41, 5.74) is 0.802. The predicted octanol–water partition coefficient (Wildman–Crippen LogP) is 4.00. The summed E-state index contributed by atoms with van der Waals surface area (Å²) in [6.07, 6.45) is 2.77. The molecule has 0 aromatic heterocycles. The number of benzene rings is 1. The zero-order valence-corrected chi connectivity index (χ0v) is 17.1. The summed E-state index contributed by atoms with van der Waals surface area (Å²) in [4.78, 5) is 25.8. The van der Waals surface area contributed by atoms with Crippen molar-refractivity contribution in [1.29, 1.82) is 0 Å². The fraction of sp³-hybridized carbons (Fsp3) is 0.353. The van der Waals surface area contributed by atoms with Gasteiger partial charge in [0, 0.05) is 16.6 Å². The number of rotatable bonds is 7. The number of esters is 1. The number of methoxy groups -OCH3 is 1. The van der Waals surface area contributed by atoms with E-state index < -0.39 is 0 Å². The van der Waals surface area contributed by atoms with Crippen LogP contribution in [0.4, 0.5) is 0 Å². The Morgan fingerprint density at radius 3 is 2.88 bits per heavy atom. The van der Waals surface area contributed by atoms with Gasteiger partial charge in [0.25, 0.3) is 5.91 Å². The van der Waals surface area contributed by atoms with Crippen LogP contribution in [0.2, 0.25) is 0 Å². The van der Waals surface area contributed by atoms with Gasteiger partial charge in [-0.05, 0) is 30.7 Å². The number of hydrogen-bond acceptors (Lipinski definition) is 6. The minimum atomic E-state index is -0.375. The lowest BCUT2D eigenvalue weighted by Crippen LogP contribution is -2.30. The fourth-order valence-electron chi connectivity index (χ4n) is 2.11. The summed E-state index contributed by atoms with van der Waals surface area (Å²) >= 11 is 9.92. The standard InChI is InChI=1S/C17H18BrNO4S2/c1-3-8-23-13-5-4-12(18)9-11(13)10-14-16(21)19(17(24)25-14)7-6-15(20)22-2/h4-5,9-10H,3,6-8H2,1-2H3/b14-10+. The number of hydrogen-bond donors (Lipinski definition) is 0. The third-order valence-electron chi connectivity index (χ3n) is 3.36. The number of carbonyl (C=O) groups excluding carboxylic acids is 2. The van der Waals surface area contributed by atoms with Crippen molar-refractivity contribution in [3.05, 3.63) is 33.1 Å². The Morgan fingerprint density at radius 1 is 1.44 bits per heavy atom. The van der Waals surface area contributed by atoms with Gasteiger partial charge in [-0.3, -0.25) is 14.5 Å². The van der Waals surface area contributed by atoms with Crippen molar-refractivity contribution < 1.29 is 19.1 Å². The number of thiocarbonyl (C=S) groups is 1. The molecule has 25 heavy (non-hydrogen) atoms. The van der Waals surface area contributed by atoms with Crippen molar-refractivity contribution in [1.82, 2.24) is 4.90 Å². The van der Waals surface area contributed by atoms with Gasteiger partial charge in [-0.15, -0.1) is 0 Å². The largest absolute Gasteiger partial charge is 0.493 e. The van der Waals surface area contributed by atoms with Crippen molar-refractivity contribution >= 4 is 62.2 Å². The van der Waals surface area contributed by atoms with Crippen LogP contribution in [0.25, 0.3) is 6.08 Å². The third-order valence-corrected chi connectivity index (χ3v) is 5.23. The first kappa shape index (κ1) is 19.9. The highest BCUT2D eigenvalue weighted by molar-refractivity contribution is 9.10. The first-order valence-corrected chi connectivity index (χ1v) is 9.72. The van der Waals surface area contributed by atoms with Crippen LogP contribution >= 0.6 is 39.9 Å². The molecule has 0 radical (unpaired) electrons. The summed E-state index contributed by atoms with van der Waals surface area (Å²) in [7, 11) is 1.32. The van der Waals surface area contributed by atoms with E-state index in [-0.39, 0.29) is 24.8 Å². The van der Waals surface area contributed by atoms with Crippen LogP contribution in [0.15, 0.2) is 27.6 Å². The second-order valence-electron chi connectivity index (χ2n) is 5.19. The Kier molecular flexibility index (Phi) is 7.46. The van der Waals surface area contributed by atoms with Gasteiger partial charge >= 0.3 is 5.97 Å². The van der Waals surface area contributed by atoms with Gasteiger partial charge in [0.15, 0.2) is 0 Å². The number of ether oxygens (including phenoxy) is 2. The molecule has 1 heterocycles. The molecule has 1 saturated heterocycles. The van der Waals surface area contributed by atoms with Gasteiger partial charge in [-0.1, -0.05) is 46.8 Å². The number of nitrogens with zero attached hydrogens (tertiary/aromatic N) is 1. The average molecular weight is 444 g/mol. The Labute approximate surface area is 164 Å². The second-order valence-corrected chi connectivity index (χ2v) is 7.78. The minimum absolute atomic E-state index is 0.109. The Morgan fingerprint density at radius 2 is 2.20 bits per heavy atom. The van der Waals surface area contributed by atoms with E-state index in [2.05, 4.69) is 20.7 Å². The Bertz CT molecular complexity index is 721. The maximum absolute atomic E-state index is 12.6. The van der Waals surface area contributed by atoms with Crippen LogP contribution in [-0.4, -0.2) is 41.4 Å². The molecule has 0 N–H and O–H groups in total. The number of amides is 1. The molecule has 0 saturated carbocycles. The van der Waals surface area contributed by atoms with Crippen molar-refractivity contribution in [2.75, 3.05) is 20.3 Å². The molecule has 0 unspecified atom stereocenters. The van der Waals surface area contributed by atoms with Gasteiger partial charge < -0.3 is 9.47 Å². The van der Waals surface area contributed by atoms with Gasteiger partial charge in [0.2, 0.25) is 0 Å². The molecule has 134 valence electrons. The molecular formula is C17H18BrNO4S2. The maximum Gasteiger partial charge on any atom is 0.307 e. The molecule has 1 aromatic rings. The molecule has 8 heteroatoms. The summed E-state index contributed by atoms with van der Waals surface area (Å²) in [5, 5.41) is 0. The maximum atomic E-state index is 12.6. The lowest BCUT2D eigenvalue weighted by Gasteiger charge is -2.13. The normalized spacial score (nSPS) is 15.8. The van der Waals surface area contributed by atoms with Crippen molar-refractivity contribution in [3.8, 4) is 5.75 Å². The molecule has 1 aliphatic rings. The topological polar surface area (TPSA) is 55.8 Å². The molecule has 1 fully saturated rings. The summed E-state index contributed by atoms with van der Waals surface area (Å²) < 4.78 is 11.7. The first-order chi connectivity index (χ1) is 12.0.